The van der Waals surface area contributed by atoms with E-state index in [4.69, 9.17) is 15.6 Å². The molecule has 1 aromatic heterocycles. The summed E-state index contributed by atoms with van der Waals surface area (Å²) in [5.41, 5.74) is 6.12. The second-order valence-electron chi connectivity index (χ2n) is 6.13. The molecule has 1 saturated heterocycles. The predicted molar refractivity (Wildman–Crippen MR) is 96.5 cm³/mol. The van der Waals surface area contributed by atoms with Crippen LogP contribution in [-0.4, -0.2) is 57.4 Å². The van der Waals surface area contributed by atoms with Crippen LogP contribution in [0.4, 0.5) is 17.6 Å². The lowest BCUT2D eigenvalue weighted by molar-refractivity contribution is -0.192. The molecule has 0 saturated carbocycles. The number of carbonyl (C=O) groups is 1. The lowest BCUT2D eigenvalue weighted by Gasteiger charge is -2.21. The van der Waals surface area contributed by atoms with Crippen LogP contribution in [-0.2, 0) is 11.3 Å². The number of aromatic nitrogens is 2. The van der Waals surface area contributed by atoms with Crippen LogP contribution in [0.15, 0.2) is 27.5 Å². The van der Waals surface area contributed by atoms with Crippen molar-refractivity contribution < 1.29 is 27.5 Å². The number of likely N-dealkylation sites (tertiary alicyclic amines) is 1. The number of carboxylic acids is 1. The van der Waals surface area contributed by atoms with E-state index in [0.29, 0.717) is 42.8 Å². The van der Waals surface area contributed by atoms with Crippen LogP contribution in [0.1, 0.15) is 12.2 Å². The van der Waals surface area contributed by atoms with E-state index in [2.05, 4.69) is 25.9 Å². The van der Waals surface area contributed by atoms with E-state index >= 15 is 0 Å². The largest absolute Gasteiger partial charge is 0.490 e. The van der Waals surface area contributed by atoms with Gasteiger partial charge in [0.2, 0.25) is 0 Å². The smallest absolute Gasteiger partial charge is 0.475 e. The number of carboxylic acid groups (broad SMARTS) is 1. The van der Waals surface area contributed by atoms with Gasteiger partial charge in [-0.3, -0.25) is 9.69 Å². The molecule has 0 spiro atoms. The topological polar surface area (TPSA) is 112 Å². The van der Waals surface area contributed by atoms with Gasteiger partial charge in [-0.25, -0.2) is 14.2 Å². The molecule has 28 heavy (non-hydrogen) atoms. The average Bonchev–Trinajstić information content (AvgIpc) is 2.95. The van der Waals surface area contributed by atoms with Gasteiger partial charge in [0.1, 0.15) is 12.0 Å². The number of halogens is 5. The Morgan fingerprint density at radius 1 is 1.43 bits per heavy atom. The maximum absolute atomic E-state index is 13.5. The zero-order chi connectivity index (χ0) is 21.1. The molecule has 2 heterocycles. The summed E-state index contributed by atoms with van der Waals surface area (Å²) in [6.45, 7) is 1.15. The highest BCUT2D eigenvalue weighted by Gasteiger charge is 2.38. The average molecular weight is 469 g/mol. The van der Waals surface area contributed by atoms with Crippen molar-refractivity contribution in [3.8, 4) is 0 Å². The van der Waals surface area contributed by atoms with E-state index in [9.17, 15) is 22.4 Å². The number of nitrogens with zero attached hydrogens (tertiary/aromatic N) is 2. The Kier molecular flexibility index (Phi) is 7.12. The summed E-state index contributed by atoms with van der Waals surface area (Å²) in [7, 11) is 0. The number of H-pyrrole nitrogens is 1. The minimum Gasteiger partial charge on any atom is -0.475 e. The molecule has 154 valence electrons. The van der Waals surface area contributed by atoms with Crippen LogP contribution in [0.5, 0.6) is 0 Å². The summed E-state index contributed by atoms with van der Waals surface area (Å²) in [4.78, 5) is 30.2. The van der Waals surface area contributed by atoms with Gasteiger partial charge < -0.3 is 15.8 Å². The second kappa shape index (κ2) is 8.97. The molecular formula is C16H17BrF4N4O3. The summed E-state index contributed by atoms with van der Waals surface area (Å²) in [5, 5.41) is 7.66. The fourth-order valence-corrected chi connectivity index (χ4v) is 3.15. The molecule has 1 aliphatic heterocycles. The highest BCUT2D eigenvalue weighted by molar-refractivity contribution is 9.10. The summed E-state index contributed by atoms with van der Waals surface area (Å²) in [6, 6.07) is 5.38. The zero-order valence-electron chi connectivity index (χ0n) is 14.3. The SMILES string of the molecule is NC[C@@H]1C[C@H](F)CN1Cc1nc2ccc(Br)cc2c(=O)[nH]1.O=C(O)C(F)(F)F. The van der Waals surface area contributed by atoms with Gasteiger partial charge in [0.15, 0.2) is 0 Å². The highest BCUT2D eigenvalue weighted by Crippen LogP contribution is 2.21. The van der Waals surface area contributed by atoms with Gasteiger partial charge in [-0.05, 0) is 24.6 Å². The van der Waals surface area contributed by atoms with Gasteiger partial charge in [-0.15, -0.1) is 0 Å². The third kappa shape index (κ3) is 5.72. The lowest BCUT2D eigenvalue weighted by atomic mass is 10.2. The lowest BCUT2D eigenvalue weighted by Crippen LogP contribution is -2.35. The molecule has 0 bridgehead atoms. The number of hydrogen-bond acceptors (Lipinski definition) is 5. The molecule has 4 N–H and O–H groups in total. The normalized spacial score (nSPS) is 20.1. The van der Waals surface area contributed by atoms with Crippen molar-refractivity contribution >= 4 is 32.8 Å². The zero-order valence-corrected chi connectivity index (χ0v) is 15.9. The molecule has 2 atom stereocenters. The van der Waals surface area contributed by atoms with Gasteiger partial charge in [0.25, 0.3) is 5.56 Å². The first-order valence-electron chi connectivity index (χ1n) is 8.08. The van der Waals surface area contributed by atoms with E-state index in [-0.39, 0.29) is 11.6 Å². The standard InChI is InChI=1S/C14H16BrFN4O.C2HF3O2/c15-8-1-2-12-11(3-8)14(21)19-13(18-12)7-20-6-9(16)4-10(20)5-17;3-2(4,5)1(6)7/h1-3,9-10H,4-7,17H2,(H,18,19,21);(H,6,7)/t9-,10-;/m0./s1. The number of nitrogens with one attached hydrogen (secondary N) is 1. The number of fused-ring (bicyclic) bond motifs is 1. The molecule has 12 heteroatoms. The summed E-state index contributed by atoms with van der Waals surface area (Å²) in [5.74, 6) is -2.21. The number of benzene rings is 1. The first kappa shape index (κ1) is 22.2. The molecule has 2 aromatic rings. The maximum atomic E-state index is 13.5. The van der Waals surface area contributed by atoms with Crippen molar-refractivity contribution in [2.45, 2.75) is 31.4 Å². The number of hydrogen-bond donors (Lipinski definition) is 3. The minimum absolute atomic E-state index is 0.00548. The molecule has 3 rings (SSSR count). The van der Waals surface area contributed by atoms with Gasteiger partial charge in [-0.1, -0.05) is 15.9 Å². The number of alkyl halides is 4. The van der Waals surface area contributed by atoms with E-state index in [1.165, 1.54) is 0 Å². The van der Waals surface area contributed by atoms with Gasteiger partial charge in [-0.2, -0.15) is 13.2 Å². The quantitative estimate of drug-likeness (QED) is 0.595. The second-order valence-corrected chi connectivity index (χ2v) is 7.04. The van der Waals surface area contributed by atoms with Crippen LogP contribution < -0.4 is 11.3 Å². The Bertz CT molecular complexity index is 906. The fourth-order valence-electron chi connectivity index (χ4n) is 2.79. The number of aromatic amines is 1. The van der Waals surface area contributed by atoms with Crippen LogP contribution in [0.3, 0.4) is 0 Å². The van der Waals surface area contributed by atoms with Crippen LogP contribution in [0.25, 0.3) is 10.9 Å². The van der Waals surface area contributed by atoms with Crippen LogP contribution in [0, 0.1) is 0 Å². The molecule has 1 aromatic carbocycles. The third-order valence-electron chi connectivity index (χ3n) is 4.06. The summed E-state index contributed by atoms with van der Waals surface area (Å²) >= 11 is 3.34. The van der Waals surface area contributed by atoms with Crippen molar-refractivity contribution in [1.82, 2.24) is 14.9 Å². The maximum Gasteiger partial charge on any atom is 0.490 e. The van der Waals surface area contributed by atoms with Gasteiger partial charge in [0, 0.05) is 23.6 Å². The molecule has 0 aliphatic carbocycles. The first-order valence-corrected chi connectivity index (χ1v) is 8.87. The number of aliphatic carboxylic acids is 1. The molecule has 1 aliphatic rings. The predicted octanol–water partition coefficient (Wildman–Crippen LogP) is 2.19. The highest BCUT2D eigenvalue weighted by atomic mass is 79.9. The minimum atomic E-state index is -5.08. The fraction of sp³-hybridized carbons (Fsp3) is 0.438. The Morgan fingerprint density at radius 2 is 2.07 bits per heavy atom. The van der Waals surface area contributed by atoms with Crippen molar-refractivity contribution in [2.24, 2.45) is 5.73 Å². The molecule has 0 amide bonds. The van der Waals surface area contributed by atoms with Crippen molar-refractivity contribution in [3.05, 3.63) is 38.9 Å². The van der Waals surface area contributed by atoms with Crippen LogP contribution >= 0.6 is 15.9 Å². The molecular weight excluding hydrogens is 452 g/mol. The number of rotatable bonds is 3. The van der Waals surface area contributed by atoms with E-state index in [1.807, 2.05) is 11.0 Å². The Labute approximate surface area is 164 Å². The third-order valence-corrected chi connectivity index (χ3v) is 4.55. The van der Waals surface area contributed by atoms with Crippen molar-refractivity contribution in [3.63, 3.8) is 0 Å². The Hall–Kier alpha value is -2.05. The summed E-state index contributed by atoms with van der Waals surface area (Å²) in [6.07, 6.45) is -5.50. The first-order chi connectivity index (χ1) is 13.0. The van der Waals surface area contributed by atoms with Gasteiger partial charge >= 0.3 is 12.1 Å². The Balaban J connectivity index is 0.000000345. The molecule has 7 nitrogen and oxygen atoms in total. The molecule has 1 fully saturated rings. The number of nitrogens with two attached hydrogens (primary N) is 1. The van der Waals surface area contributed by atoms with E-state index in [1.54, 1.807) is 12.1 Å². The Morgan fingerprint density at radius 3 is 2.64 bits per heavy atom. The molecule has 0 radical (unpaired) electrons. The van der Waals surface area contributed by atoms with Crippen molar-refractivity contribution in [1.29, 1.82) is 0 Å². The molecule has 0 unspecified atom stereocenters. The van der Waals surface area contributed by atoms with Crippen LogP contribution in [0.2, 0.25) is 0 Å². The van der Waals surface area contributed by atoms with Crippen molar-refractivity contribution in [2.75, 3.05) is 13.1 Å². The van der Waals surface area contributed by atoms with Gasteiger partial charge in [0.05, 0.1) is 17.4 Å². The summed E-state index contributed by atoms with van der Waals surface area (Å²) < 4.78 is 46.1. The van der Waals surface area contributed by atoms with E-state index < -0.39 is 18.3 Å². The monoisotopic (exact) mass is 468 g/mol. The van der Waals surface area contributed by atoms with E-state index in [0.717, 1.165) is 4.47 Å².